The molecule has 3 heterocycles. The normalized spacial score (nSPS) is 16.0. The van der Waals surface area contributed by atoms with E-state index in [1.807, 2.05) is 31.2 Å². The van der Waals surface area contributed by atoms with Crippen LogP contribution in [0.1, 0.15) is 57.5 Å². The number of aryl methyl sites for hydroxylation is 2. The van der Waals surface area contributed by atoms with Crippen molar-refractivity contribution in [2.75, 3.05) is 6.61 Å². The van der Waals surface area contributed by atoms with E-state index in [1.54, 1.807) is 19.1 Å². The van der Waals surface area contributed by atoms with Crippen LogP contribution in [-0.2, 0) is 11.3 Å². The molecule has 0 radical (unpaired) electrons. The van der Waals surface area contributed by atoms with Crippen molar-refractivity contribution in [3.63, 3.8) is 0 Å². The maximum Gasteiger partial charge on any atom is 0.290 e. The summed E-state index contributed by atoms with van der Waals surface area (Å²) in [7, 11) is 0. The average Bonchev–Trinajstić information content (AvgIpc) is 3.49. The third-order valence-corrected chi connectivity index (χ3v) is 6.60. The fourth-order valence-electron chi connectivity index (χ4n) is 3.91. The Labute approximate surface area is 196 Å². The van der Waals surface area contributed by atoms with E-state index < -0.39 is 17.7 Å². The molecule has 0 saturated carbocycles. The first-order valence-electron chi connectivity index (χ1n) is 10.9. The van der Waals surface area contributed by atoms with Gasteiger partial charge in [-0.05, 0) is 50.1 Å². The summed E-state index contributed by atoms with van der Waals surface area (Å²) in [6.07, 6.45) is 3.52. The quantitative estimate of drug-likeness (QED) is 0.339. The minimum Gasteiger partial charge on any atom is -0.503 e. The molecule has 172 valence electrons. The molecule has 0 bridgehead atoms. The van der Waals surface area contributed by atoms with Gasteiger partial charge in [-0.3, -0.25) is 9.59 Å². The molecule has 1 aromatic carbocycles. The smallest absolute Gasteiger partial charge is 0.290 e. The van der Waals surface area contributed by atoms with Gasteiger partial charge in [0.2, 0.25) is 5.78 Å². The lowest BCUT2D eigenvalue weighted by molar-refractivity contribution is -0.130. The van der Waals surface area contributed by atoms with E-state index in [0.29, 0.717) is 34.3 Å². The van der Waals surface area contributed by atoms with Crippen LogP contribution in [0.15, 0.2) is 58.4 Å². The van der Waals surface area contributed by atoms with E-state index in [4.69, 9.17) is 9.15 Å². The lowest BCUT2D eigenvalue weighted by Crippen LogP contribution is -2.30. The molecule has 2 aromatic heterocycles. The highest BCUT2D eigenvalue weighted by Gasteiger charge is 2.44. The molecule has 3 aromatic rings. The molecule has 33 heavy (non-hydrogen) atoms. The summed E-state index contributed by atoms with van der Waals surface area (Å²) in [6, 6.07) is 10.0. The number of hydrogen-bond donors (Lipinski definition) is 1. The van der Waals surface area contributed by atoms with Crippen LogP contribution >= 0.6 is 11.3 Å². The Morgan fingerprint density at radius 3 is 2.61 bits per heavy atom. The first-order valence-corrected chi connectivity index (χ1v) is 11.7. The highest BCUT2D eigenvalue weighted by atomic mass is 32.1. The fraction of sp³-hybridized carbons (Fsp3) is 0.320. The molecule has 1 atom stereocenters. The Bertz CT molecular complexity index is 1180. The van der Waals surface area contributed by atoms with Crippen LogP contribution < -0.4 is 4.74 Å². The lowest BCUT2D eigenvalue weighted by atomic mass is 9.95. The number of unbranched alkanes of at least 4 members (excludes halogenated alkanes) is 1. The van der Waals surface area contributed by atoms with Crippen LogP contribution in [0.25, 0.3) is 0 Å². The molecule has 8 heteroatoms. The van der Waals surface area contributed by atoms with Crippen molar-refractivity contribution in [1.29, 1.82) is 0 Å². The third-order valence-electron chi connectivity index (χ3n) is 5.53. The first-order chi connectivity index (χ1) is 15.9. The zero-order chi connectivity index (χ0) is 23.5. The van der Waals surface area contributed by atoms with Crippen LogP contribution in [0, 0.1) is 13.8 Å². The molecule has 1 aliphatic rings. The maximum atomic E-state index is 13.5. The standard InChI is InChI=1S/C25H26N2O5S/c1-4-5-12-31-18-10-8-17(9-11-18)21-20(22(28)24-15(2)26-16(3)33-24)23(29)25(30)27(21)14-19-7-6-13-32-19/h6-11,13,21,29H,4-5,12,14H2,1-3H3. The van der Waals surface area contributed by atoms with Crippen molar-refractivity contribution in [2.24, 2.45) is 0 Å². The Morgan fingerprint density at radius 2 is 2.00 bits per heavy atom. The van der Waals surface area contributed by atoms with E-state index in [1.165, 1.54) is 22.5 Å². The SMILES string of the molecule is CCCCOc1ccc(C2C(C(=O)c3sc(C)nc3C)=C(O)C(=O)N2Cc2ccco2)cc1. The predicted octanol–water partition coefficient (Wildman–Crippen LogP) is 5.31. The lowest BCUT2D eigenvalue weighted by Gasteiger charge is -2.26. The minimum atomic E-state index is -0.762. The van der Waals surface area contributed by atoms with E-state index >= 15 is 0 Å². The fourth-order valence-corrected chi connectivity index (χ4v) is 4.78. The number of rotatable bonds is 9. The van der Waals surface area contributed by atoms with Gasteiger partial charge in [-0.2, -0.15) is 0 Å². The Hall–Kier alpha value is -3.39. The molecule has 0 saturated heterocycles. The number of ketones is 1. The number of carbonyl (C=O) groups is 2. The van der Waals surface area contributed by atoms with Gasteiger partial charge >= 0.3 is 0 Å². The topological polar surface area (TPSA) is 92.9 Å². The molecule has 1 aliphatic heterocycles. The van der Waals surface area contributed by atoms with Crippen molar-refractivity contribution < 1.29 is 23.8 Å². The number of thiazole rings is 1. The minimum absolute atomic E-state index is 0.0537. The number of carbonyl (C=O) groups excluding carboxylic acids is 2. The zero-order valence-corrected chi connectivity index (χ0v) is 19.6. The van der Waals surface area contributed by atoms with Crippen LogP contribution in [-0.4, -0.2) is 33.3 Å². The molecule has 4 rings (SSSR count). The second-order valence-corrected chi connectivity index (χ2v) is 9.13. The Kier molecular flexibility index (Phi) is 6.65. The number of hydrogen-bond acceptors (Lipinski definition) is 7. The zero-order valence-electron chi connectivity index (χ0n) is 18.8. The van der Waals surface area contributed by atoms with Crippen molar-refractivity contribution in [2.45, 2.75) is 46.2 Å². The number of ether oxygens (including phenoxy) is 1. The maximum absolute atomic E-state index is 13.5. The summed E-state index contributed by atoms with van der Waals surface area (Å²) in [5.74, 6) is -0.269. The molecule has 1 amide bonds. The molecule has 7 nitrogen and oxygen atoms in total. The number of benzene rings is 1. The number of Topliss-reactive ketones (excluding diaryl/α,β-unsaturated/α-hetero) is 1. The average molecular weight is 467 g/mol. The summed E-state index contributed by atoms with van der Waals surface area (Å²) in [6.45, 7) is 6.41. The van der Waals surface area contributed by atoms with Crippen molar-refractivity contribution >= 4 is 23.0 Å². The van der Waals surface area contributed by atoms with E-state index in [2.05, 4.69) is 11.9 Å². The number of aliphatic hydroxyl groups excluding tert-OH is 1. The van der Waals surface area contributed by atoms with Gasteiger partial charge in [-0.15, -0.1) is 11.3 Å². The van der Waals surface area contributed by atoms with Crippen molar-refractivity contribution in [3.8, 4) is 5.75 Å². The molecule has 0 aliphatic carbocycles. The predicted molar refractivity (Wildman–Crippen MR) is 124 cm³/mol. The van der Waals surface area contributed by atoms with Gasteiger partial charge in [-0.1, -0.05) is 25.5 Å². The van der Waals surface area contributed by atoms with Gasteiger partial charge < -0.3 is 19.2 Å². The van der Waals surface area contributed by atoms with Gasteiger partial charge in [0.05, 0.1) is 46.6 Å². The van der Waals surface area contributed by atoms with E-state index in [0.717, 1.165) is 17.8 Å². The van der Waals surface area contributed by atoms with Crippen molar-refractivity contribution in [1.82, 2.24) is 9.88 Å². The second kappa shape index (κ2) is 9.62. The second-order valence-electron chi connectivity index (χ2n) is 7.92. The van der Waals surface area contributed by atoms with Gasteiger partial charge in [-0.25, -0.2) is 4.98 Å². The first kappa shape index (κ1) is 22.8. The highest BCUT2D eigenvalue weighted by Crippen LogP contribution is 2.41. The van der Waals surface area contributed by atoms with Crippen LogP contribution in [0.3, 0.4) is 0 Å². The number of nitrogens with zero attached hydrogens (tertiary/aromatic N) is 2. The Balaban J connectivity index is 1.72. The van der Waals surface area contributed by atoms with Crippen LogP contribution in [0.4, 0.5) is 0 Å². The molecular formula is C25H26N2O5S. The molecule has 0 fully saturated rings. The number of amides is 1. The monoisotopic (exact) mass is 466 g/mol. The number of aliphatic hydroxyl groups is 1. The molecule has 1 unspecified atom stereocenters. The molecular weight excluding hydrogens is 440 g/mol. The summed E-state index contributed by atoms with van der Waals surface area (Å²) in [4.78, 5) is 32.8. The molecule has 0 spiro atoms. The number of furan rings is 1. The van der Waals surface area contributed by atoms with Crippen molar-refractivity contribution in [3.05, 3.63) is 80.9 Å². The summed E-state index contributed by atoms with van der Waals surface area (Å²) >= 11 is 1.26. The van der Waals surface area contributed by atoms with E-state index in [-0.39, 0.29) is 17.9 Å². The van der Waals surface area contributed by atoms with Crippen LogP contribution in [0.5, 0.6) is 5.75 Å². The number of aromatic nitrogens is 1. The third kappa shape index (κ3) is 4.57. The highest BCUT2D eigenvalue weighted by molar-refractivity contribution is 7.14. The molecule has 1 N–H and O–H groups in total. The van der Waals surface area contributed by atoms with Gasteiger partial charge in [0.25, 0.3) is 5.91 Å². The van der Waals surface area contributed by atoms with E-state index in [9.17, 15) is 14.7 Å². The summed E-state index contributed by atoms with van der Waals surface area (Å²) < 4.78 is 11.2. The van der Waals surface area contributed by atoms with Gasteiger partial charge in [0, 0.05) is 0 Å². The van der Waals surface area contributed by atoms with Gasteiger partial charge in [0.15, 0.2) is 5.76 Å². The van der Waals surface area contributed by atoms with Gasteiger partial charge in [0.1, 0.15) is 11.5 Å². The van der Waals surface area contributed by atoms with Crippen LogP contribution in [0.2, 0.25) is 0 Å². The summed E-state index contributed by atoms with van der Waals surface area (Å²) in [5.41, 5.74) is 1.33. The Morgan fingerprint density at radius 1 is 1.24 bits per heavy atom. The summed E-state index contributed by atoms with van der Waals surface area (Å²) in [5, 5.41) is 11.6. The largest absolute Gasteiger partial charge is 0.503 e.